The average molecular weight is 301 g/mol. The quantitative estimate of drug-likeness (QED) is 0.456. The van der Waals surface area contributed by atoms with E-state index in [1.54, 1.807) is 6.92 Å². The van der Waals surface area contributed by atoms with Crippen molar-refractivity contribution >= 4 is 5.91 Å². The van der Waals surface area contributed by atoms with Gasteiger partial charge in [-0.3, -0.25) is 4.79 Å². The Hall–Kier alpha value is -0.610. The van der Waals surface area contributed by atoms with Gasteiger partial charge in [-0.25, -0.2) is 0 Å². The van der Waals surface area contributed by atoms with Crippen LogP contribution in [0.3, 0.4) is 0 Å². The Kier molecular flexibility index (Phi) is 15.3. The van der Waals surface area contributed by atoms with E-state index < -0.39 is 6.10 Å². The van der Waals surface area contributed by atoms with Gasteiger partial charge in [-0.05, 0) is 19.8 Å². The second-order valence-electron chi connectivity index (χ2n) is 5.85. The molecule has 1 atom stereocenters. The third kappa shape index (κ3) is 17.3. The molecule has 0 bridgehead atoms. The molecule has 4 heteroatoms. The van der Waals surface area contributed by atoms with E-state index in [-0.39, 0.29) is 5.91 Å². The van der Waals surface area contributed by atoms with E-state index in [4.69, 9.17) is 9.84 Å². The number of ether oxygens (including phenoxy) is 1. The molecule has 2 N–H and O–H groups in total. The number of aliphatic hydroxyl groups excluding tert-OH is 1. The summed E-state index contributed by atoms with van der Waals surface area (Å²) in [6.07, 6.45) is 11.1. The van der Waals surface area contributed by atoms with Gasteiger partial charge in [0.1, 0.15) is 0 Å². The van der Waals surface area contributed by atoms with Gasteiger partial charge in [0.2, 0.25) is 5.91 Å². The lowest BCUT2D eigenvalue weighted by atomic mass is 10.1. The number of hydrogen-bond donors (Lipinski definition) is 2. The van der Waals surface area contributed by atoms with Crippen molar-refractivity contribution < 1.29 is 14.6 Å². The molecule has 0 heterocycles. The Morgan fingerprint density at radius 3 is 2.29 bits per heavy atom. The summed E-state index contributed by atoms with van der Waals surface area (Å²) in [5, 5.41) is 11.9. The summed E-state index contributed by atoms with van der Waals surface area (Å²) in [4.78, 5) is 11.6. The maximum Gasteiger partial charge on any atom is 0.219 e. The van der Waals surface area contributed by atoms with Gasteiger partial charge in [0.15, 0.2) is 0 Å². The van der Waals surface area contributed by atoms with Crippen molar-refractivity contribution in [3.8, 4) is 0 Å². The maximum atomic E-state index is 11.6. The van der Waals surface area contributed by atoms with Crippen LogP contribution in [0.4, 0.5) is 0 Å². The molecule has 0 saturated carbocycles. The molecule has 126 valence electrons. The highest BCUT2D eigenvalue weighted by Crippen LogP contribution is 2.09. The van der Waals surface area contributed by atoms with Gasteiger partial charge in [0, 0.05) is 19.6 Å². The van der Waals surface area contributed by atoms with Crippen molar-refractivity contribution in [1.29, 1.82) is 0 Å². The summed E-state index contributed by atoms with van der Waals surface area (Å²) in [5.74, 6) is 0.150. The fourth-order valence-corrected chi connectivity index (χ4v) is 2.16. The predicted molar refractivity (Wildman–Crippen MR) is 87.4 cm³/mol. The van der Waals surface area contributed by atoms with Gasteiger partial charge in [-0.15, -0.1) is 0 Å². The topological polar surface area (TPSA) is 58.6 Å². The zero-order valence-corrected chi connectivity index (χ0v) is 14.0. The van der Waals surface area contributed by atoms with E-state index in [1.807, 2.05) is 0 Å². The lowest BCUT2D eigenvalue weighted by Gasteiger charge is -2.07. The minimum atomic E-state index is -0.415. The Labute approximate surface area is 130 Å². The van der Waals surface area contributed by atoms with Gasteiger partial charge in [-0.2, -0.15) is 0 Å². The van der Waals surface area contributed by atoms with Crippen molar-refractivity contribution in [3.63, 3.8) is 0 Å². The number of carbonyl (C=O) groups is 1. The zero-order chi connectivity index (χ0) is 15.8. The van der Waals surface area contributed by atoms with Crippen molar-refractivity contribution in [3.05, 3.63) is 0 Å². The van der Waals surface area contributed by atoms with Crippen LogP contribution < -0.4 is 5.32 Å². The number of aliphatic hydroxyl groups is 1. The Morgan fingerprint density at radius 2 is 1.67 bits per heavy atom. The smallest absolute Gasteiger partial charge is 0.219 e. The fraction of sp³-hybridized carbons (Fsp3) is 0.941. The molecule has 0 fully saturated rings. The minimum absolute atomic E-state index is 0.150. The van der Waals surface area contributed by atoms with E-state index in [1.165, 1.54) is 38.5 Å². The van der Waals surface area contributed by atoms with Crippen LogP contribution in [0.25, 0.3) is 0 Å². The van der Waals surface area contributed by atoms with E-state index in [0.717, 1.165) is 19.3 Å². The first kappa shape index (κ1) is 20.4. The van der Waals surface area contributed by atoms with Crippen LogP contribution in [-0.4, -0.2) is 36.9 Å². The molecule has 0 aliphatic heterocycles. The molecule has 0 aliphatic carbocycles. The van der Waals surface area contributed by atoms with Crippen LogP contribution in [0.2, 0.25) is 0 Å². The first-order valence-corrected chi connectivity index (χ1v) is 8.69. The summed E-state index contributed by atoms with van der Waals surface area (Å²) < 4.78 is 5.23. The highest BCUT2D eigenvalue weighted by Gasteiger charge is 2.01. The highest BCUT2D eigenvalue weighted by molar-refractivity contribution is 5.75. The summed E-state index contributed by atoms with van der Waals surface area (Å²) in [5.41, 5.74) is 0. The number of amides is 1. The van der Waals surface area contributed by atoms with Gasteiger partial charge >= 0.3 is 0 Å². The van der Waals surface area contributed by atoms with Gasteiger partial charge in [-0.1, -0.05) is 51.9 Å². The molecule has 0 radical (unpaired) electrons. The van der Waals surface area contributed by atoms with Crippen molar-refractivity contribution in [1.82, 2.24) is 5.32 Å². The molecule has 0 aromatic heterocycles. The number of carbonyl (C=O) groups excluding carboxylic acids is 1. The van der Waals surface area contributed by atoms with E-state index in [0.29, 0.717) is 26.2 Å². The molecule has 0 spiro atoms. The van der Waals surface area contributed by atoms with Crippen LogP contribution in [-0.2, 0) is 9.53 Å². The second-order valence-corrected chi connectivity index (χ2v) is 5.85. The predicted octanol–water partition coefficient (Wildman–Crippen LogP) is 3.42. The molecule has 0 aromatic rings. The second kappa shape index (κ2) is 15.8. The third-order valence-corrected chi connectivity index (χ3v) is 3.40. The molecule has 0 rings (SSSR count). The van der Waals surface area contributed by atoms with Crippen LogP contribution in [0.15, 0.2) is 0 Å². The van der Waals surface area contributed by atoms with Crippen molar-refractivity contribution in [2.24, 2.45) is 0 Å². The summed E-state index contributed by atoms with van der Waals surface area (Å²) in [6, 6.07) is 0. The number of nitrogens with one attached hydrogen (secondary N) is 1. The largest absolute Gasteiger partial charge is 0.391 e. The fourth-order valence-electron chi connectivity index (χ4n) is 2.16. The SMILES string of the molecule is CCCCCCCCCCC(=O)NCCCOCC(C)O. The summed E-state index contributed by atoms with van der Waals surface area (Å²) in [6.45, 7) is 5.55. The number of hydrogen-bond acceptors (Lipinski definition) is 3. The van der Waals surface area contributed by atoms with Gasteiger partial charge in [0.05, 0.1) is 12.7 Å². The highest BCUT2D eigenvalue weighted by atomic mass is 16.5. The molecule has 0 saturated heterocycles. The van der Waals surface area contributed by atoms with Crippen LogP contribution in [0, 0.1) is 0 Å². The van der Waals surface area contributed by atoms with Gasteiger partial charge in [0.25, 0.3) is 0 Å². The first-order valence-electron chi connectivity index (χ1n) is 8.69. The summed E-state index contributed by atoms with van der Waals surface area (Å²) in [7, 11) is 0. The standard InChI is InChI=1S/C17H35NO3/c1-3-4-5-6-7-8-9-10-12-17(20)18-13-11-14-21-15-16(2)19/h16,19H,3-15H2,1-2H3,(H,18,20). The van der Waals surface area contributed by atoms with Crippen molar-refractivity contribution in [2.75, 3.05) is 19.8 Å². The van der Waals surface area contributed by atoms with Crippen molar-refractivity contribution in [2.45, 2.75) is 84.2 Å². The molecule has 21 heavy (non-hydrogen) atoms. The van der Waals surface area contributed by atoms with E-state index in [9.17, 15) is 4.79 Å². The molecular formula is C17H35NO3. The molecule has 0 aliphatic rings. The van der Waals surface area contributed by atoms with Gasteiger partial charge < -0.3 is 15.2 Å². The lowest BCUT2D eigenvalue weighted by Crippen LogP contribution is -2.25. The number of rotatable bonds is 15. The monoisotopic (exact) mass is 301 g/mol. The maximum absolute atomic E-state index is 11.6. The average Bonchev–Trinajstić information content (AvgIpc) is 2.45. The Morgan fingerprint density at radius 1 is 1.05 bits per heavy atom. The van der Waals surface area contributed by atoms with E-state index >= 15 is 0 Å². The summed E-state index contributed by atoms with van der Waals surface area (Å²) >= 11 is 0. The van der Waals surface area contributed by atoms with Crippen LogP contribution in [0.1, 0.15) is 78.1 Å². The first-order chi connectivity index (χ1) is 10.2. The van der Waals surface area contributed by atoms with Crippen LogP contribution in [0.5, 0.6) is 0 Å². The molecule has 1 amide bonds. The molecule has 1 unspecified atom stereocenters. The Bertz CT molecular complexity index is 232. The normalized spacial score (nSPS) is 12.3. The number of unbranched alkanes of at least 4 members (excludes halogenated alkanes) is 7. The zero-order valence-electron chi connectivity index (χ0n) is 14.0. The Balaban J connectivity index is 3.16. The molecule has 4 nitrogen and oxygen atoms in total. The third-order valence-electron chi connectivity index (χ3n) is 3.40. The van der Waals surface area contributed by atoms with E-state index in [2.05, 4.69) is 12.2 Å². The lowest BCUT2D eigenvalue weighted by molar-refractivity contribution is -0.121. The van der Waals surface area contributed by atoms with Crippen LogP contribution >= 0.6 is 0 Å². The molecular weight excluding hydrogens is 266 g/mol. The minimum Gasteiger partial charge on any atom is -0.391 e. The molecule has 0 aromatic carbocycles.